The molecule has 0 aliphatic heterocycles. The fourth-order valence-electron chi connectivity index (χ4n) is 1.32. The maximum atomic E-state index is 5.75. The van der Waals surface area contributed by atoms with Crippen LogP contribution < -0.4 is 10.5 Å². The highest BCUT2D eigenvalue weighted by molar-refractivity contribution is 6.30. The van der Waals surface area contributed by atoms with Gasteiger partial charge in [0.05, 0.1) is 10.7 Å². The number of halogens is 1. The van der Waals surface area contributed by atoms with Crippen molar-refractivity contribution in [3.8, 4) is 11.6 Å². The fourth-order valence-corrected chi connectivity index (χ4v) is 1.48. The Morgan fingerprint density at radius 3 is 2.81 bits per heavy atom. The van der Waals surface area contributed by atoms with Crippen molar-refractivity contribution >= 4 is 17.3 Å². The van der Waals surface area contributed by atoms with Crippen LogP contribution in [0.25, 0.3) is 0 Å². The number of hydrogen-bond acceptors (Lipinski definition) is 3. The third kappa shape index (κ3) is 2.44. The molecule has 16 heavy (non-hydrogen) atoms. The van der Waals surface area contributed by atoms with Crippen LogP contribution in [0.3, 0.4) is 0 Å². The van der Waals surface area contributed by atoms with Crippen molar-refractivity contribution in [3.05, 3.63) is 47.1 Å². The van der Waals surface area contributed by atoms with Crippen molar-refractivity contribution in [1.29, 1.82) is 0 Å². The predicted molar refractivity (Wildman–Crippen MR) is 64.9 cm³/mol. The SMILES string of the molecule is Cc1cccc(Oc2ncc(Cl)cc2N)c1. The molecule has 0 spiro atoms. The van der Waals surface area contributed by atoms with Crippen LogP contribution in [0.2, 0.25) is 5.02 Å². The molecule has 1 aromatic carbocycles. The molecule has 82 valence electrons. The minimum atomic E-state index is 0.370. The average Bonchev–Trinajstić information content (AvgIpc) is 2.22. The van der Waals surface area contributed by atoms with Crippen molar-refractivity contribution in [2.75, 3.05) is 5.73 Å². The molecule has 1 aromatic heterocycles. The van der Waals surface area contributed by atoms with Gasteiger partial charge in [-0.05, 0) is 30.7 Å². The Hall–Kier alpha value is -1.74. The highest BCUT2D eigenvalue weighted by Crippen LogP contribution is 2.27. The summed E-state index contributed by atoms with van der Waals surface area (Å²) in [5, 5.41) is 0.495. The molecule has 0 atom stereocenters. The summed E-state index contributed by atoms with van der Waals surface area (Å²) in [6.45, 7) is 1.99. The summed E-state index contributed by atoms with van der Waals surface area (Å²) in [4.78, 5) is 4.02. The second kappa shape index (κ2) is 4.41. The molecule has 4 heteroatoms. The molecular weight excluding hydrogens is 224 g/mol. The molecule has 0 aliphatic carbocycles. The van der Waals surface area contributed by atoms with Gasteiger partial charge in [-0.3, -0.25) is 0 Å². The van der Waals surface area contributed by atoms with Crippen LogP contribution in [0, 0.1) is 6.92 Å². The summed E-state index contributed by atoms with van der Waals surface area (Å²) in [5.74, 6) is 1.08. The number of anilines is 1. The van der Waals surface area contributed by atoms with Crippen molar-refractivity contribution in [1.82, 2.24) is 4.98 Å². The number of nitrogen functional groups attached to an aromatic ring is 1. The maximum Gasteiger partial charge on any atom is 0.242 e. The normalized spacial score (nSPS) is 10.1. The molecule has 0 unspecified atom stereocenters. The molecule has 3 nitrogen and oxygen atoms in total. The summed E-state index contributed by atoms with van der Waals surface area (Å²) in [6.07, 6.45) is 1.50. The van der Waals surface area contributed by atoms with E-state index in [2.05, 4.69) is 4.98 Å². The smallest absolute Gasteiger partial charge is 0.242 e. The van der Waals surface area contributed by atoms with E-state index in [1.165, 1.54) is 6.20 Å². The van der Waals surface area contributed by atoms with Crippen molar-refractivity contribution in [2.24, 2.45) is 0 Å². The Balaban J connectivity index is 2.27. The molecule has 0 saturated heterocycles. The molecule has 2 aromatic rings. The second-order valence-corrected chi connectivity index (χ2v) is 3.90. The van der Waals surface area contributed by atoms with E-state index < -0.39 is 0 Å². The first kappa shape index (κ1) is 10.8. The highest BCUT2D eigenvalue weighted by atomic mass is 35.5. The van der Waals surface area contributed by atoms with Crippen LogP contribution in [0.1, 0.15) is 5.56 Å². The van der Waals surface area contributed by atoms with Gasteiger partial charge in [-0.2, -0.15) is 0 Å². The number of ether oxygens (including phenoxy) is 1. The Morgan fingerprint density at radius 2 is 2.12 bits per heavy atom. The molecule has 0 radical (unpaired) electrons. The number of nitrogens with zero attached hydrogens (tertiary/aromatic N) is 1. The van der Waals surface area contributed by atoms with Crippen LogP contribution >= 0.6 is 11.6 Å². The van der Waals surface area contributed by atoms with Crippen molar-refractivity contribution in [2.45, 2.75) is 6.92 Å². The average molecular weight is 235 g/mol. The van der Waals surface area contributed by atoms with E-state index in [1.807, 2.05) is 31.2 Å². The lowest BCUT2D eigenvalue weighted by molar-refractivity contribution is 0.465. The van der Waals surface area contributed by atoms with E-state index in [-0.39, 0.29) is 0 Å². The quantitative estimate of drug-likeness (QED) is 0.866. The van der Waals surface area contributed by atoms with Crippen molar-refractivity contribution < 1.29 is 4.74 Å². The third-order valence-corrected chi connectivity index (χ3v) is 2.26. The summed E-state index contributed by atoms with van der Waals surface area (Å²) >= 11 is 5.75. The van der Waals surface area contributed by atoms with Gasteiger partial charge >= 0.3 is 0 Å². The Bertz CT molecular complexity index is 514. The molecule has 2 N–H and O–H groups in total. The highest BCUT2D eigenvalue weighted by Gasteiger charge is 2.04. The van der Waals surface area contributed by atoms with Gasteiger partial charge in [0.2, 0.25) is 5.88 Å². The number of rotatable bonds is 2. The Labute approximate surface area is 98.8 Å². The number of pyridine rings is 1. The van der Waals surface area contributed by atoms with Gasteiger partial charge < -0.3 is 10.5 Å². The van der Waals surface area contributed by atoms with Gasteiger partial charge in [0.25, 0.3) is 0 Å². The summed E-state index contributed by atoms with van der Waals surface area (Å²) in [6, 6.07) is 9.28. The van der Waals surface area contributed by atoms with E-state index in [4.69, 9.17) is 22.1 Å². The van der Waals surface area contributed by atoms with Gasteiger partial charge in [-0.1, -0.05) is 23.7 Å². The number of hydrogen-bond donors (Lipinski definition) is 1. The standard InChI is InChI=1S/C12H11ClN2O/c1-8-3-2-4-10(5-8)16-12-11(14)6-9(13)7-15-12/h2-7H,14H2,1H3. The van der Waals surface area contributed by atoms with Crippen LogP contribution in [0.5, 0.6) is 11.6 Å². The lowest BCUT2D eigenvalue weighted by atomic mass is 10.2. The first-order valence-electron chi connectivity index (χ1n) is 4.81. The molecule has 2 rings (SSSR count). The number of benzene rings is 1. The molecule has 0 bridgehead atoms. The number of aryl methyl sites for hydroxylation is 1. The molecule has 0 amide bonds. The molecule has 1 heterocycles. The van der Waals surface area contributed by atoms with Gasteiger partial charge in [-0.15, -0.1) is 0 Å². The summed E-state index contributed by atoms with van der Waals surface area (Å²) in [5.41, 5.74) is 7.28. The zero-order chi connectivity index (χ0) is 11.5. The largest absolute Gasteiger partial charge is 0.437 e. The zero-order valence-electron chi connectivity index (χ0n) is 8.77. The predicted octanol–water partition coefficient (Wildman–Crippen LogP) is 3.42. The topological polar surface area (TPSA) is 48.1 Å². The first-order valence-corrected chi connectivity index (χ1v) is 5.18. The van der Waals surface area contributed by atoms with Crippen LogP contribution in [-0.2, 0) is 0 Å². The Kier molecular flexibility index (Phi) is 2.97. The molecular formula is C12H11ClN2O. The Morgan fingerprint density at radius 1 is 1.31 bits per heavy atom. The summed E-state index contributed by atoms with van der Waals surface area (Å²) in [7, 11) is 0. The van der Waals surface area contributed by atoms with Crippen LogP contribution in [0.4, 0.5) is 5.69 Å². The van der Waals surface area contributed by atoms with Crippen LogP contribution in [-0.4, -0.2) is 4.98 Å². The second-order valence-electron chi connectivity index (χ2n) is 3.47. The minimum Gasteiger partial charge on any atom is -0.437 e. The van der Waals surface area contributed by atoms with E-state index in [0.29, 0.717) is 22.3 Å². The summed E-state index contributed by atoms with van der Waals surface area (Å²) < 4.78 is 5.55. The number of aromatic nitrogens is 1. The lowest BCUT2D eigenvalue weighted by Crippen LogP contribution is -1.94. The minimum absolute atomic E-state index is 0.370. The molecule has 0 fully saturated rings. The van der Waals surface area contributed by atoms with Crippen molar-refractivity contribution in [3.63, 3.8) is 0 Å². The monoisotopic (exact) mass is 234 g/mol. The van der Waals surface area contributed by atoms with Gasteiger partial charge in [0, 0.05) is 6.20 Å². The zero-order valence-corrected chi connectivity index (χ0v) is 9.53. The van der Waals surface area contributed by atoms with Gasteiger partial charge in [-0.25, -0.2) is 4.98 Å². The maximum absolute atomic E-state index is 5.75. The fraction of sp³-hybridized carbons (Fsp3) is 0.0833. The van der Waals surface area contributed by atoms with E-state index in [9.17, 15) is 0 Å². The molecule has 0 aliphatic rings. The molecule has 0 saturated carbocycles. The first-order chi connectivity index (χ1) is 7.65. The van der Waals surface area contributed by atoms with Gasteiger partial charge in [0.15, 0.2) is 0 Å². The van der Waals surface area contributed by atoms with E-state index in [0.717, 1.165) is 5.56 Å². The lowest BCUT2D eigenvalue weighted by Gasteiger charge is -2.07. The van der Waals surface area contributed by atoms with E-state index >= 15 is 0 Å². The third-order valence-electron chi connectivity index (χ3n) is 2.05. The number of nitrogens with two attached hydrogens (primary N) is 1. The van der Waals surface area contributed by atoms with E-state index in [1.54, 1.807) is 6.07 Å². The van der Waals surface area contributed by atoms with Gasteiger partial charge in [0.1, 0.15) is 5.75 Å². The van der Waals surface area contributed by atoms with Crippen LogP contribution in [0.15, 0.2) is 36.5 Å².